The summed E-state index contributed by atoms with van der Waals surface area (Å²) in [6.45, 7) is 3.24. The van der Waals surface area contributed by atoms with Crippen molar-refractivity contribution in [3.63, 3.8) is 0 Å². The van der Waals surface area contributed by atoms with Crippen molar-refractivity contribution in [2.24, 2.45) is 0 Å². The predicted molar refractivity (Wildman–Crippen MR) is 66.8 cm³/mol. The molecular formula is C13H17FN2O. The van der Waals surface area contributed by atoms with Gasteiger partial charge in [-0.05, 0) is 37.5 Å². The van der Waals surface area contributed by atoms with Gasteiger partial charge in [-0.3, -0.25) is 4.79 Å². The van der Waals surface area contributed by atoms with E-state index in [-0.39, 0.29) is 11.7 Å². The highest BCUT2D eigenvalue weighted by molar-refractivity contribution is 5.88. The van der Waals surface area contributed by atoms with Crippen molar-refractivity contribution in [3.8, 4) is 0 Å². The zero-order valence-corrected chi connectivity index (χ0v) is 10.0. The Bertz CT molecular complexity index is 414. The van der Waals surface area contributed by atoms with Crippen LogP contribution < -0.4 is 10.2 Å². The van der Waals surface area contributed by atoms with E-state index in [1.165, 1.54) is 19.4 Å². The van der Waals surface area contributed by atoms with Crippen LogP contribution in [0.2, 0.25) is 0 Å². The van der Waals surface area contributed by atoms with Gasteiger partial charge in [-0.25, -0.2) is 4.39 Å². The molecule has 0 aromatic heterocycles. The first-order chi connectivity index (χ1) is 8.16. The zero-order chi connectivity index (χ0) is 12.3. The molecule has 1 N–H and O–H groups in total. The number of nitrogens with zero attached hydrogens (tertiary/aromatic N) is 1. The number of benzene rings is 1. The van der Waals surface area contributed by atoms with Crippen LogP contribution in [0, 0.1) is 5.82 Å². The molecular weight excluding hydrogens is 219 g/mol. The smallest absolute Gasteiger partial charge is 0.221 e. The molecule has 17 heavy (non-hydrogen) atoms. The van der Waals surface area contributed by atoms with E-state index >= 15 is 0 Å². The number of anilines is 2. The van der Waals surface area contributed by atoms with Crippen LogP contribution in [0.15, 0.2) is 18.2 Å². The van der Waals surface area contributed by atoms with Gasteiger partial charge in [0.15, 0.2) is 0 Å². The van der Waals surface area contributed by atoms with Crippen molar-refractivity contribution < 1.29 is 9.18 Å². The van der Waals surface area contributed by atoms with Crippen molar-refractivity contribution in [1.29, 1.82) is 0 Å². The first-order valence-electron chi connectivity index (χ1n) is 5.99. The van der Waals surface area contributed by atoms with Gasteiger partial charge in [0.25, 0.3) is 0 Å². The van der Waals surface area contributed by atoms with E-state index in [2.05, 4.69) is 10.2 Å². The molecule has 4 heteroatoms. The number of piperidine rings is 1. The summed E-state index contributed by atoms with van der Waals surface area (Å²) in [7, 11) is 0. The van der Waals surface area contributed by atoms with Crippen molar-refractivity contribution in [2.45, 2.75) is 26.2 Å². The predicted octanol–water partition coefficient (Wildman–Crippen LogP) is 2.77. The Morgan fingerprint density at radius 2 is 2.00 bits per heavy atom. The van der Waals surface area contributed by atoms with Crippen LogP contribution >= 0.6 is 0 Å². The molecule has 0 bridgehead atoms. The van der Waals surface area contributed by atoms with Gasteiger partial charge in [-0.2, -0.15) is 0 Å². The Morgan fingerprint density at radius 3 is 2.59 bits per heavy atom. The van der Waals surface area contributed by atoms with E-state index < -0.39 is 0 Å². The van der Waals surface area contributed by atoms with Crippen LogP contribution in [0.4, 0.5) is 15.8 Å². The average molecular weight is 236 g/mol. The molecule has 1 aromatic carbocycles. The maximum absolute atomic E-state index is 13.9. The van der Waals surface area contributed by atoms with E-state index in [1.54, 1.807) is 12.1 Å². The van der Waals surface area contributed by atoms with Gasteiger partial charge in [0.1, 0.15) is 5.82 Å². The van der Waals surface area contributed by atoms with Crippen LogP contribution in [0.25, 0.3) is 0 Å². The van der Waals surface area contributed by atoms with Gasteiger partial charge in [0, 0.05) is 25.7 Å². The number of amides is 1. The van der Waals surface area contributed by atoms with E-state index in [0.717, 1.165) is 25.9 Å². The zero-order valence-electron chi connectivity index (χ0n) is 10.0. The lowest BCUT2D eigenvalue weighted by Crippen LogP contribution is -2.30. The summed E-state index contributed by atoms with van der Waals surface area (Å²) in [5.74, 6) is -0.451. The SMILES string of the molecule is CC(=O)Nc1ccc(N2CCCCC2)c(F)c1. The molecule has 0 aliphatic carbocycles. The van der Waals surface area contributed by atoms with Gasteiger partial charge in [-0.15, -0.1) is 0 Å². The Morgan fingerprint density at radius 1 is 1.29 bits per heavy atom. The van der Waals surface area contributed by atoms with Crippen molar-refractivity contribution in [3.05, 3.63) is 24.0 Å². The second-order valence-corrected chi connectivity index (χ2v) is 4.40. The summed E-state index contributed by atoms with van der Waals surface area (Å²) in [4.78, 5) is 12.9. The quantitative estimate of drug-likeness (QED) is 0.856. The van der Waals surface area contributed by atoms with Gasteiger partial charge >= 0.3 is 0 Å². The maximum atomic E-state index is 13.9. The molecule has 1 aliphatic rings. The molecule has 3 nitrogen and oxygen atoms in total. The Balaban J connectivity index is 2.15. The molecule has 1 fully saturated rings. The van der Waals surface area contributed by atoms with Gasteiger partial charge in [-0.1, -0.05) is 0 Å². The fourth-order valence-electron chi connectivity index (χ4n) is 2.18. The lowest BCUT2D eigenvalue weighted by Gasteiger charge is -2.29. The number of carbonyl (C=O) groups excluding carboxylic acids is 1. The highest BCUT2D eigenvalue weighted by Crippen LogP contribution is 2.25. The number of hydrogen-bond donors (Lipinski definition) is 1. The third-order valence-electron chi connectivity index (χ3n) is 2.96. The molecule has 1 amide bonds. The van der Waals surface area contributed by atoms with Crippen molar-refractivity contribution in [2.75, 3.05) is 23.3 Å². The summed E-state index contributed by atoms with van der Waals surface area (Å²) in [6, 6.07) is 4.87. The summed E-state index contributed by atoms with van der Waals surface area (Å²) in [6.07, 6.45) is 3.46. The fraction of sp³-hybridized carbons (Fsp3) is 0.462. The van der Waals surface area contributed by atoms with Crippen molar-refractivity contribution >= 4 is 17.3 Å². The lowest BCUT2D eigenvalue weighted by atomic mass is 10.1. The highest BCUT2D eigenvalue weighted by Gasteiger charge is 2.14. The van der Waals surface area contributed by atoms with Crippen LogP contribution in [-0.4, -0.2) is 19.0 Å². The lowest BCUT2D eigenvalue weighted by molar-refractivity contribution is -0.114. The Hall–Kier alpha value is -1.58. The van der Waals surface area contributed by atoms with Gasteiger partial charge < -0.3 is 10.2 Å². The maximum Gasteiger partial charge on any atom is 0.221 e. The molecule has 0 unspecified atom stereocenters. The molecule has 1 aromatic rings. The number of rotatable bonds is 2. The van der Waals surface area contributed by atoms with Crippen LogP contribution in [0.3, 0.4) is 0 Å². The largest absolute Gasteiger partial charge is 0.369 e. The summed E-state index contributed by atoms with van der Waals surface area (Å²) >= 11 is 0. The van der Waals surface area contributed by atoms with E-state index in [9.17, 15) is 9.18 Å². The van der Waals surface area contributed by atoms with E-state index in [4.69, 9.17) is 0 Å². The molecule has 0 atom stereocenters. The molecule has 1 aliphatic heterocycles. The second kappa shape index (κ2) is 5.17. The molecule has 1 heterocycles. The van der Waals surface area contributed by atoms with Crippen LogP contribution in [0.1, 0.15) is 26.2 Å². The van der Waals surface area contributed by atoms with E-state index in [1.807, 2.05) is 0 Å². The normalized spacial score (nSPS) is 15.8. The highest BCUT2D eigenvalue weighted by atomic mass is 19.1. The van der Waals surface area contributed by atoms with Gasteiger partial charge in [0.2, 0.25) is 5.91 Å². The first kappa shape index (κ1) is 11.9. The minimum Gasteiger partial charge on any atom is -0.369 e. The number of halogens is 1. The minimum atomic E-state index is -0.266. The Kier molecular flexibility index (Phi) is 3.61. The van der Waals surface area contributed by atoms with Crippen molar-refractivity contribution in [1.82, 2.24) is 0 Å². The molecule has 92 valence electrons. The fourth-order valence-corrected chi connectivity index (χ4v) is 2.18. The monoisotopic (exact) mass is 236 g/mol. The topological polar surface area (TPSA) is 32.3 Å². The number of nitrogens with one attached hydrogen (secondary N) is 1. The van der Waals surface area contributed by atoms with Crippen LogP contribution in [-0.2, 0) is 4.79 Å². The number of carbonyl (C=O) groups is 1. The standard InChI is InChI=1S/C13H17FN2O/c1-10(17)15-11-5-6-13(12(14)9-11)16-7-3-2-4-8-16/h5-6,9H,2-4,7-8H2,1H3,(H,15,17). The molecule has 0 spiro atoms. The molecule has 2 rings (SSSR count). The van der Waals surface area contributed by atoms with E-state index in [0.29, 0.717) is 11.4 Å². The average Bonchev–Trinajstić information content (AvgIpc) is 2.29. The number of hydrogen-bond acceptors (Lipinski definition) is 2. The van der Waals surface area contributed by atoms with Crippen LogP contribution in [0.5, 0.6) is 0 Å². The third kappa shape index (κ3) is 2.96. The molecule has 0 radical (unpaired) electrons. The first-order valence-corrected chi connectivity index (χ1v) is 5.99. The van der Waals surface area contributed by atoms with Gasteiger partial charge in [0.05, 0.1) is 5.69 Å². The Labute approximate surface area is 101 Å². The third-order valence-corrected chi connectivity index (χ3v) is 2.96. The summed E-state index contributed by atoms with van der Waals surface area (Å²) < 4.78 is 13.9. The molecule has 1 saturated heterocycles. The second-order valence-electron chi connectivity index (χ2n) is 4.40. The summed E-state index contributed by atoms with van der Waals surface area (Å²) in [5, 5.41) is 2.58. The molecule has 0 saturated carbocycles. The summed E-state index contributed by atoms with van der Waals surface area (Å²) in [5.41, 5.74) is 1.15. The minimum absolute atomic E-state index is 0.185.